The van der Waals surface area contributed by atoms with Crippen molar-refractivity contribution in [2.45, 2.75) is 32.5 Å². The van der Waals surface area contributed by atoms with Crippen LogP contribution in [-0.2, 0) is 18.6 Å². The zero-order valence-corrected chi connectivity index (χ0v) is 20.3. The van der Waals surface area contributed by atoms with E-state index in [1.165, 1.54) is 6.33 Å². The second kappa shape index (κ2) is 10.9. The number of aldehydes is 1. The summed E-state index contributed by atoms with van der Waals surface area (Å²) in [4.78, 5) is 19.2. The summed E-state index contributed by atoms with van der Waals surface area (Å²) in [6.07, 6.45) is 3.28. The van der Waals surface area contributed by atoms with Crippen molar-refractivity contribution in [2.24, 2.45) is 0 Å². The Kier molecular flexibility index (Phi) is 7.72. The number of fused-ring (bicyclic) bond motifs is 2. The molecule has 0 spiro atoms. The van der Waals surface area contributed by atoms with Crippen molar-refractivity contribution < 1.29 is 23.1 Å². The summed E-state index contributed by atoms with van der Waals surface area (Å²) in [6.45, 7) is 3.54. The molecule has 0 fully saturated rings. The van der Waals surface area contributed by atoms with Crippen LogP contribution in [0.5, 0.6) is 5.75 Å². The number of hydrogen-bond acceptors (Lipinski definition) is 9. The Morgan fingerprint density at radius 2 is 2.00 bits per heavy atom. The minimum atomic E-state index is -3.89. The molecule has 0 saturated carbocycles. The van der Waals surface area contributed by atoms with Gasteiger partial charge < -0.3 is 19.8 Å². The Bertz CT molecular complexity index is 1360. The van der Waals surface area contributed by atoms with Crippen LogP contribution in [-0.4, -0.2) is 45.1 Å². The number of nitrogens with one attached hydrogen (secondary N) is 1. The first kappa shape index (κ1) is 24.7. The highest BCUT2D eigenvalue weighted by molar-refractivity contribution is 7.52. The van der Waals surface area contributed by atoms with Crippen molar-refractivity contribution in [1.29, 1.82) is 0 Å². The third-order valence-electron chi connectivity index (χ3n) is 5.39. The Morgan fingerprint density at radius 3 is 2.80 bits per heavy atom. The molecular weight excluding hydrogens is 471 g/mol. The van der Waals surface area contributed by atoms with Crippen molar-refractivity contribution in [2.75, 3.05) is 18.9 Å². The van der Waals surface area contributed by atoms with E-state index in [0.29, 0.717) is 29.8 Å². The van der Waals surface area contributed by atoms with Crippen LogP contribution in [0.25, 0.3) is 16.4 Å². The number of nitrogens with zero attached hydrogens (tertiary/aromatic N) is 4. The van der Waals surface area contributed by atoms with Gasteiger partial charge in [0.2, 0.25) is 0 Å². The van der Waals surface area contributed by atoms with Gasteiger partial charge in [-0.25, -0.2) is 24.1 Å². The summed E-state index contributed by atoms with van der Waals surface area (Å²) in [5, 5.41) is 8.48. The lowest BCUT2D eigenvalue weighted by Crippen LogP contribution is -2.25. The number of carbonyl (C=O) groups excluding carboxylic acids is 1. The quantitative estimate of drug-likeness (QED) is 0.219. The molecule has 0 aliphatic heterocycles. The molecule has 3 atom stereocenters. The van der Waals surface area contributed by atoms with Gasteiger partial charge in [0.1, 0.15) is 18.4 Å². The van der Waals surface area contributed by atoms with Gasteiger partial charge in [-0.1, -0.05) is 43.3 Å². The standard InChI is InChI=1S/C23H27N6O5P/c1-3-18(33-16(2)20-13-25-23-22(24)26-15-27-29(20)23)14-32-35(31,28-11-12-30)34-21-10-6-8-17-7-4-5-9-19(17)21/h4-10,12-13,15-16,18H,3,11,14H2,1-2H3,(H,28,31)(H2,24,26,27). The van der Waals surface area contributed by atoms with Crippen LogP contribution in [0, 0.1) is 0 Å². The van der Waals surface area contributed by atoms with E-state index < -0.39 is 20.0 Å². The zero-order chi connectivity index (χ0) is 24.8. The number of imidazole rings is 1. The van der Waals surface area contributed by atoms with Crippen LogP contribution in [0.4, 0.5) is 5.82 Å². The van der Waals surface area contributed by atoms with E-state index in [1.54, 1.807) is 22.8 Å². The Hall–Kier alpha value is -3.37. The Balaban J connectivity index is 1.48. The number of hydrogen-bond donors (Lipinski definition) is 2. The number of rotatable bonds is 12. The Labute approximate surface area is 202 Å². The SMILES string of the molecule is CCC(COP(=O)(NCC=O)Oc1cccc2ccccc12)OC(C)c1cnc2c(N)ncnn12. The second-order valence-corrected chi connectivity index (χ2v) is 9.51. The molecule has 4 aromatic rings. The van der Waals surface area contributed by atoms with Gasteiger partial charge in [0.05, 0.1) is 37.3 Å². The molecule has 3 unspecified atom stereocenters. The van der Waals surface area contributed by atoms with Gasteiger partial charge in [0, 0.05) is 5.39 Å². The molecule has 12 heteroatoms. The lowest BCUT2D eigenvalue weighted by atomic mass is 10.1. The van der Waals surface area contributed by atoms with Gasteiger partial charge in [0.25, 0.3) is 0 Å². The van der Waals surface area contributed by atoms with Gasteiger partial charge in [-0.15, -0.1) is 0 Å². The van der Waals surface area contributed by atoms with E-state index in [9.17, 15) is 9.36 Å². The van der Waals surface area contributed by atoms with E-state index in [2.05, 4.69) is 20.2 Å². The van der Waals surface area contributed by atoms with Crippen molar-refractivity contribution in [3.8, 4) is 5.75 Å². The number of aromatic nitrogens is 4. The number of nitrogen functional groups attached to an aromatic ring is 1. The zero-order valence-electron chi connectivity index (χ0n) is 19.4. The number of carbonyl (C=O) groups is 1. The van der Waals surface area contributed by atoms with E-state index >= 15 is 0 Å². The summed E-state index contributed by atoms with van der Waals surface area (Å²) in [6, 6.07) is 13.0. The molecule has 35 heavy (non-hydrogen) atoms. The van der Waals surface area contributed by atoms with Crippen LogP contribution in [0.1, 0.15) is 32.1 Å². The summed E-state index contributed by atoms with van der Waals surface area (Å²) >= 11 is 0. The average molecular weight is 498 g/mol. The lowest BCUT2D eigenvalue weighted by molar-refractivity contribution is -0.107. The smallest absolute Gasteiger partial charge is 0.413 e. The van der Waals surface area contributed by atoms with Crippen molar-refractivity contribution in [1.82, 2.24) is 24.7 Å². The molecule has 0 radical (unpaired) electrons. The molecule has 11 nitrogen and oxygen atoms in total. The predicted octanol–water partition coefficient (Wildman–Crippen LogP) is 3.71. The van der Waals surface area contributed by atoms with Crippen LogP contribution in [0.15, 0.2) is 55.0 Å². The number of anilines is 1. The first-order chi connectivity index (χ1) is 16.9. The maximum atomic E-state index is 13.5. The third kappa shape index (κ3) is 5.66. The summed E-state index contributed by atoms with van der Waals surface area (Å²) in [5.74, 6) is 0.650. The maximum Gasteiger partial charge on any atom is 0.459 e. The van der Waals surface area contributed by atoms with Gasteiger partial charge in [-0.3, -0.25) is 4.52 Å². The molecule has 2 aromatic heterocycles. The van der Waals surface area contributed by atoms with Gasteiger partial charge in [0.15, 0.2) is 11.5 Å². The van der Waals surface area contributed by atoms with Crippen molar-refractivity contribution in [3.63, 3.8) is 0 Å². The molecule has 2 heterocycles. The fourth-order valence-corrected chi connectivity index (χ4v) is 4.87. The fraction of sp³-hybridized carbons (Fsp3) is 0.304. The summed E-state index contributed by atoms with van der Waals surface area (Å²) in [5.41, 5.74) is 6.98. The average Bonchev–Trinajstić information content (AvgIpc) is 3.31. The predicted molar refractivity (Wildman–Crippen MR) is 131 cm³/mol. The molecule has 2 aromatic carbocycles. The normalized spacial score (nSPS) is 15.0. The second-order valence-electron chi connectivity index (χ2n) is 7.76. The van der Waals surface area contributed by atoms with Crippen molar-refractivity contribution >= 4 is 36.3 Å². The maximum absolute atomic E-state index is 13.5. The van der Waals surface area contributed by atoms with Gasteiger partial charge >= 0.3 is 7.75 Å². The molecule has 0 amide bonds. The molecule has 0 bridgehead atoms. The minimum absolute atomic E-state index is 0.0391. The van der Waals surface area contributed by atoms with Crippen LogP contribution < -0.4 is 15.3 Å². The van der Waals surface area contributed by atoms with Crippen LogP contribution >= 0.6 is 7.75 Å². The van der Waals surface area contributed by atoms with Crippen molar-refractivity contribution in [3.05, 3.63) is 60.7 Å². The molecule has 3 N–H and O–H groups in total. The molecular formula is C23H27N6O5P. The molecule has 0 saturated heterocycles. The molecule has 0 aliphatic carbocycles. The third-order valence-corrected chi connectivity index (χ3v) is 6.89. The number of nitrogens with two attached hydrogens (primary N) is 1. The van der Waals surface area contributed by atoms with Gasteiger partial charge in [-0.2, -0.15) is 5.10 Å². The van der Waals surface area contributed by atoms with Crippen LogP contribution in [0.3, 0.4) is 0 Å². The highest BCUT2D eigenvalue weighted by Crippen LogP contribution is 2.46. The van der Waals surface area contributed by atoms with E-state index in [4.69, 9.17) is 19.5 Å². The number of ether oxygens (including phenoxy) is 1. The first-order valence-corrected chi connectivity index (χ1v) is 12.7. The van der Waals surface area contributed by atoms with E-state index in [1.807, 2.05) is 44.2 Å². The van der Waals surface area contributed by atoms with E-state index in [-0.39, 0.29) is 19.0 Å². The summed E-state index contributed by atoms with van der Waals surface area (Å²) < 4.78 is 32.8. The Morgan fingerprint density at radius 1 is 1.20 bits per heavy atom. The molecule has 0 aliphatic rings. The fourth-order valence-electron chi connectivity index (χ4n) is 3.58. The van der Waals surface area contributed by atoms with E-state index in [0.717, 1.165) is 10.8 Å². The first-order valence-electron chi connectivity index (χ1n) is 11.1. The summed E-state index contributed by atoms with van der Waals surface area (Å²) in [7, 11) is -3.89. The molecule has 4 rings (SSSR count). The lowest BCUT2D eigenvalue weighted by Gasteiger charge is -2.24. The monoisotopic (exact) mass is 498 g/mol. The van der Waals surface area contributed by atoms with Crippen LogP contribution in [0.2, 0.25) is 0 Å². The highest BCUT2D eigenvalue weighted by atomic mass is 31.2. The topological polar surface area (TPSA) is 143 Å². The minimum Gasteiger partial charge on any atom is -0.413 e. The highest BCUT2D eigenvalue weighted by Gasteiger charge is 2.29. The van der Waals surface area contributed by atoms with Gasteiger partial charge in [-0.05, 0) is 24.8 Å². The number of benzene rings is 2. The molecule has 184 valence electrons. The largest absolute Gasteiger partial charge is 0.459 e.